The number of nitrogens with zero attached hydrogens (tertiary/aromatic N) is 1. The average molecular weight is 501 g/mol. The molecule has 0 saturated carbocycles. The van der Waals surface area contributed by atoms with E-state index in [-0.39, 0.29) is 6.54 Å². The highest BCUT2D eigenvalue weighted by molar-refractivity contribution is 5.78. The average Bonchev–Trinajstić information content (AvgIpc) is 3.34. The quantitative estimate of drug-likeness (QED) is 0.169. The second-order valence-corrected chi connectivity index (χ2v) is 8.62. The predicted molar refractivity (Wildman–Crippen MR) is 115 cm³/mol. The highest BCUT2D eigenvalue weighted by Gasteiger charge is 2.47. The Morgan fingerprint density at radius 2 is 1.57 bits per heavy atom. The van der Waals surface area contributed by atoms with E-state index < -0.39 is 80.7 Å². The second kappa shape index (κ2) is 11.1. The van der Waals surface area contributed by atoms with E-state index in [1.54, 1.807) is 18.3 Å². The molecule has 0 amide bonds. The highest BCUT2D eigenvalue weighted by Crippen LogP contribution is 2.29. The smallest absolute Gasteiger partial charge is 0.187 e. The van der Waals surface area contributed by atoms with Crippen LogP contribution in [-0.2, 0) is 18.9 Å². The summed E-state index contributed by atoms with van der Waals surface area (Å²) in [6, 6.07) is 5.36. The zero-order valence-corrected chi connectivity index (χ0v) is 18.6. The van der Waals surface area contributed by atoms with Crippen LogP contribution >= 0.6 is 0 Å². The van der Waals surface area contributed by atoms with E-state index in [0.717, 1.165) is 10.9 Å². The van der Waals surface area contributed by atoms with Crippen LogP contribution in [0.2, 0.25) is 0 Å². The van der Waals surface area contributed by atoms with Crippen molar-refractivity contribution in [3.8, 4) is 0 Å². The SMILES string of the molecule is NCC(O[C@@H]1O[C@H](CO[C@@H]2O[C@H](CO)[C@@H](O)[C@H](O)[C@H]2O)[C@@H](O)[C@H](O)[C@H]1O)c1ccc2cn[nH]c2c1. The minimum Gasteiger partial charge on any atom is -0.394 e. The number of nitrogens with two attached hydrogens (primary N) is 1. The number of aliphatic hydroxyl groups excluding tert-OH is 7. The van der Waals surface area contributed by atoms with Gasteiger partial charge in [0.2, 0.25) is 0 Å². The van der Waals surface area contributed by atoms with Gasteiger partial charge in [0.1, 0.15) is 48.8 Å². The Hall–Kier alpha value is -1.79. The normalized spacial score (nSPS) is 39.1. The number of H-pyrrole nitrogens is 1. The van der Waals surface area contributed by atoms with E-state index in [4.69, 9.17) is 24.7 Å². The molecular weight excluding hydrogens is 470 g/mol. The van der Waals surface area contributed by atoms with E-state index in [1.807, 2.05) is 6.07 Å². The van der Waals surface area contributed by atoms with Crippen LogP contribution in [0.5, 0.6) is 0 Å². The lowest BCUT2D eigenvalue weighted by molar-refractivity contribution is -0.335. The van der Waals surface area contributed by atoms with Crippen LogP contribution in [0.4, 0.5) is 0 Å². The first-order chi connectivity index (χ1) is 16.7. The summed E-state index contributed by atoms with van der Waals surface area (Å²) in [7, 11) is 0. The standard InChI is InChI=1S/C21H31N3O11/c22-4-11(8-1-2-9-5-23-24-10(9)3-8)33-21-19(31)17(29)15(27)13(35-21)7-32-20-18(30)16(28)14(26)12(6-25)34-20/h1-3,5,11-21,25-31H,4,6-7,22H2,(H,23,24)/t11?,12-,13-,14-,15-,16+,17+,18-,19-,20-,21-/m1/s1. The van der Waals surface area contributed by atoms with Gasteiger partial charge in [0.25, 0.3) is 0 Å². The van der Waals surface area contributed by atoms with Crippen molar-refractivity contribution in [2.24, 2.45) is 5.73 Å². The van der Waals surface area contributed by atoms with E-state index in [0.29, 0.717) is 5.56 Å². The van der Waals surface area contributed by atoms with Crippen molar-refractivity contribution in [1.82, 2.24) is 10.2 Å². The van der Waals surface area contributed by atoms with Crippen molar-refractivity contribution in [1.29, 1.82) is 0 Å². The molecule has 11 atom stereocenters. The van der Waals surface area contributed by atoms with Gasteiger partial charge in [-0.1, -0.05) is 12.1 Å². The van der Waals surface area contributed by atoms with Crippen molar-refractivity contribution >= 4 is 10.9 Å². The summed E-state index contributed by atoms with van der Waals surface area (Å²) in [4.78, 5) is 0. The molecule has 2 fully saturated rings. The number of fused-ring (bicyclic) bond motifs is 1. The maximum absolute atomic E-state index is 10.4. The molecule has 14 heteroatoms. The molecule has 4 rings (SSSR count). The zero-order chi connectivity index (χ0) is 25.3. The van der Waals surface area contributed by atoms with Crippen LogP contribution in [0.3, 0.4) is 0 Å². The molecule has 14 nitrogen and oxygen atoms in total. The van der Waals surface area contributed by atoms with E-state index in [9.17, 15) is 35.7 Å². The van der Waals surface area contributed by atoms with Gasteiger partial charge in [0, 0.05) is 11.9 Å². The number of ether oxygens (including phenoxy) is 4. The topological polar surface area (TPSA) is 233 Å². The Kier molecular flexibility index (Phi) is 8.32. The van der Waals surface area contributed by atoms with Crippen LogP contribution in [0.25, 0.3) is 10.9 Å². The third-order valence-corrected chi connectivity index (χ3v) is 6.29. The molecule has 3 heterocycles. The van der Waals surface area contributed by atoms with Crippen molar-refractivity contribution in [3.05, 3.63) is 30.0 Å². The zero-order valence-electron chi connectivity index (χ0n) is 18.6. The number of hydrogen-bond acceptors (Lipinski definition) is 13. The first-order valence-corrected chi connectivity index (χ1v) is 11.2. The van der Waals surface area contributed by atoms with Crippen molar-refractivity contribution in [2.45, 2.75) is 67.5 Å². The fourth-order valence-corrected chi connectivity index (χ4v) is 4.15. The summed E-state index contributed by atoms with van der Waals surface area (Å²) in [6.07, 6.45) is -14.1. The lowest BCUT2D eigenvalue weighted by atomic mass is 9.98. The van der Waals surface area contributed by atoms with Gasteiger partial charge in [-0.3, -0.25) is 5.10 Å². The molecule has 196 valence electrons. The molecule has 2 saturated heterocycles. The molecule has 1 aromatic carbocycles. The molecule has 1 aromatic heterocycles. The van der Waals surface area contributed by atoms with Crippen LogP contribution in [-0.4, -0.2) is 127 Å². The van der Waals surface area contributed by atoms with E-state index in [1.165, 1.54) is 0 Å². The van der Waals surface area contributed by atoms with Gasteiger partial charge in [-0.05, 0) is 11.6 Å². The van der Waals surface area contributed by atoms with Crippen molar-refractivity contribution in [3.63, 3.8) is 0 Å². The van der Waals surface area contributed by atoms with E-state index >= 15 is 0 Å². The Balaban J connectivity index is 1.43. The predicted octanol–water partition coefficient (Wildman–Crippen LogP) is -3.80. The van der Waals surface area contributed by atoms with Crippen molar-refractivity contribution in [2.75, 3.05) is 19.8 Å². The highest BCUT2D eigenvalue weighted by atomic mass is 16.7. The molecular formula is C21H31N3O11. The first kappa shape index (κ1) is 26.3. The van der Waals surface area contributed by atoms with Crippen LogP contribution < -0.4 is 5.73 Å². The molecule has 1 unspecified atom stereocenters. The van der Waals surface area contributed by atoms with Crippen LogP contribution in [0, 0.1) is 0 Å². The summed E-state index contributed by atoms with van der Waals surface area (Å²) < 4.78 is 22.2. The lowest BCUT2D eigenvalue weighted by Crippen LogP contribution is -2.61. The number of nitrogens with one attached hydrogen (secondary N) is 1. The fourth-order valence-electron chi connectivity index (χ4n) is 4.15. The lowest BCUT2D eigenvalue weighted by Gasteiger charge is -2.43. The van der Waals surface area contributed by atoms with Gasteiger partial charge in [-0.2, -0.15) is 5.10 Å². The van der Waals surface area contributed by atoms with E-state index in [2.05, 4.69) is 10.2 Å². The Morgan fingerprint density at radius 3 is 2.26 bits per heavy atom. The monoisotopic (exact) mass is 501 g/mol. The number of aromatic amines is 1. The summed E-state index contributed by atoms with van der Waals surface area (Å²) in [5.74, 6) is 0. The molecule has 0 radical (unpaired) electrons. The molecule has 2 aliphatic heterocycles. The minimum absolute atomic E-state index is 0.0108. The maximum Gasteiger partial charge on any atom is 0.187 e. The molecule has 2 aromatic rings. The number of rotatable bonds is 8. The van der Waals surface area contributed by atoms with Gasteiger partial charge in [-0.25, -0.2) is 0 Å². The number of aliphatic hydroxyl groups is 7. The molecule has 10 N–H and O–H groups in total. The molecule has 35 heavy (non-hydrogen) atoms. The fraction of sp³-hybridized carbons (Fsp3) is 0.667. The molecule has 2 aliphatic rings. The van der Waals surface area contributed by atoms with Gasteiger partial charge in [0.05, 0.1) is 31.0 Å². The largest absolute Gasteiger partial charge is 0.394 e. The molecule has 0 spiro atoms. The van der Waals surface area contributed by atoms with Crippen molar-refractivity contribution < 1.29 is 54.7 Å². The summed E-state index contributed by atoms with van der Waals surface area (Å²) in [6.45, 7) is -1.09. The molecule has 0 aliphatic carbocycles. The third-order valence-electron chi connectivity index (χ3n) is 6.29. The van der Waals surface area contributed by atoms with Gasteiger partial charge in [0.15, 0.2) is 12.6 Å². The summed E-state index contributed by atoms with van der Waals surface area (Å²) >= 11 is 0. The first-order valence-electron chi connectivity index (χ1n) is 11.2. The number of aromatic nitrogens is 2. The Labute approximate surface area is 199 Å². The second-order valence-electron chi connectivity index (χ2n) is 8.62. The summed E-state index contributed by atoms with van der Waals surface area (Å²) in [5.41, 5.74) is 7.28. The third kappa shape index (κ3) is 5.34. The Bertz CT molecular complexity index is 961. The maximum atomic E-state index is 10.4. The summed E-state index contributed by atoms with van der Waals surface area (Å²) in [5, 5.41) is 78.0. The number of hydrogen-bond donors (Lipinski definition) is 9. The molecule has 0 bridgehead atoms. The minimum atomic E-state index is -1.66. The van der Waals surface area contributed by atoms with Gasteiger partial charge >= 0.3 is 0 Å². The number of benzene rings is 1. The van der Waals surface area contributed by atoms with Gasteiger partial charge in [-0.15, -0.1) is 0 Å². The van der Waals surface area contributed by atoms with Gasteiger partial charge < -0.3 is 60.4 Å². The Morgan fingerprint density at radius 1 is 0.914 bits per heavy atom. The van der Waals surface area contributed by atoms with Crippen LogP contribution in [0.1, 0.15) is 11.7 Å². The van der Waals surface area contributed by atoms with Crippen LogP contribution in [0.15, 0.2) is 24.4 Å².